The molecule has 0 saturated heterocycles. The number of esters is 1. The molecule has 0 N–H and O–H groups in total. The van der Waals surface area contributed by atoms with Gasteiger partial charge in [0.2, 0.25) is 5.82 Å². The zero-order valence-corrected chi connectivity index (χ0v) is 14.0. The number of para-hydroxylation sites is 1. The first-order chi connectivity index (χ1) is 11.5. The van der Waals surface area contributed by atoms with Crippen molar-refractivity contribution in [3.05, 3.63) is 69.2 Å². The van der Waals surface area contributed by atoms with E-state index in [4.69, 9.17) is 16.3 Å². The summed E-state index contributed by atoms with van der Waals surface area (Å²) in [6.07, 6.45) is 0. The lowest BCUT2D eigenvalue weighted by Crippen LogP contribution is -2.28. The smallest absolute Gasteiger partial charge is 0.375 e. The molecule has 24 heavy (non-hydrogen) atoms. The van der Waals surface area contributed by atoms with Crippen LogP contribution in [0.25, 0.3) is 16.6 Å². The summed E-state index contributed by atoms with van der Waals surface area (Å²) in [6, 6.07) is 12.0. The zero-order valence-electron chi connectivity index (χ0n) is 13.2. The largest absolute Gasteiger partial charge is 0.460 e. The number of fused-ring (bicyclic) bond motifs is 1. The van der Waals surface area contributed by atoms with Gasteiger partial charge in [0.1, 0.15) is 0 Å². The van der Waals surface area contributed by atoms with E-state index in [2.05, 4.69) is 4.98 Å². The Labute approximate surface area is 143 Å². The lowest BCUT2D eigenvalue weighted by atomic mass is 10.1. The summed E-state index contributed by atoms with van der Waals surface area (Å²) in [4.78, 5) is 29.7. The van der Waals surface area contributed by atoms with Crippen molar-refractivity contribution in [2.24, 2.45) is 0 Å². The van der Waals surface area contributed by atoms with Crippen LogP contribution in [0.5, 0.6) is 0 Å². The van der Waals surface area contributed by atoms with Gasteiger partial charge in [-0.1, -0.05) is 29.8 Å². The number of halogens is 1. The summed E-state index contributed by atoms with van der Waals surface area (Å²) in [6.45, 7) is 3.73. The number of nitrogens with zero attached hydrogens (tertiary/aromatic N) is 2. The lowest BCUT2D eigenvalue weighted by Gasteiger charge is -2.14. The van der Waals surface area contributed by atoms with Gasteiger partial charge in [-0.25, -0.2) is 9.78 Å². The monoisotopic (exact) mass is 342 g/mol. The second-order valence-corrected chi connectivity index (χ2v) is 5.68. The summed E-state index contributed by atoms with van der Waals surface area (Å²) >= 11 is 6.08. The molecule has 5 nitrogen and oxygen atoms in total. The average Bonchev–Trinajstić information content (AvgIpc) is 2.57. The van der Waals surface area contributed by atoms with Gasteiger partial charge in [0, 0.05) is 5.02 Å². The van der Waals surface area contributed by atoms with Crippen LogP contribution in [-0.2, 0) is 4.74 Å². The molecule has 0 atom stereocenters. The molecule has 2 aromatic carbocycles. The minimum absolute atomic E-state index is 0.0640. The van der Waals surface area contributed by atoms with E-state index in [1.165, 1.54) is 4.57 Å². The first-order valence-electron chi connectivity index (χ1n) is 7.48. The normalized spacial score (nSPS) is 10.8. The Hall–Kier alpha value is -2.66. The number of hydrogen-bond acceptors (Lipinski definition) is 4. The van der Waals surface area contributed by atoms with E-state index in [0.29, 0.717) is 21.6 Å². The number of aryl methyl sites for hydroxylation is 1. The molecule has 0 amide bonds. The highest BCUT2D eigenvalue weighted by molar-refractivity contribution is 6.30. The Bertz CT molecular complexity index is 995. The van der Waals surface area contributed by atoms with Crippen molar-refractivity contribution in [3.8, 4) is 5.69 Å². The Morgan fingerprint density at radius 2 is 2.00 bits per heavy atom. The van der Waals surface area contributed by atoms with Crippen LogP contribution in [0.15, 0.2) is 47.3 Å². The van der Waals surface area contributed by atoms with Crippen LogP contribution in [-0.4, -0.2) is 22.1 Å². The van der Waals surface area contributed by atoms with Gasteiger partial charge in [0.05, 0.1) is 23.2 Å². The fourth-order valence-corrected chi connectivity index (χ4v) is 2.68. The van der Waals surface area contributed by atoms with Gasteiger partial charge in [-0.2, -0.15) is 0 Å². The van der Waals surface area contributed by atoms with Crippen molar-refractivity contribution in [3.63, 3.8) is 0 Å². The molecule has 0 fully saturated rings. The van der Waals surface area contributed by atoms with E-state index in [1.807, 2.05) is 6.92 Å². The van der Waals surface area contributed by atoms with Crippen LogP contribution in [0.2, 0.25) is 5.02 Å². The SMILES string of the molecule is CCOC(=O)c1nc2ccccc2c(=O)n1-c1cc(Cl)ccc1C. The van der Waals surface area contributed by atoms with E-state index in [1.54, 1.807) is 49.4 Å². The fraction of sp³-hybridized carbons (Fsp3) is 0.167. The molecule has 0 aliphatic carbocycles. The second-order valence-electron chi connectivity index (χ2n) is 5.24. The molecule has 0 saturated carbocycles. The molecule has 0 aliphatic rings. The van der Waals surface area contributed by atoms with Gasteiger partial charge in [-0.3, -0.25) is 9.36 Å². The minimum Gasteiger partial charge on any atom is -0.460 e. The summed E-state index contributed by atoms with van der Waals surface area (Å²) in [5, 5.41) is 0.885. The number of ether oxygens (including phenoxy) is 1. The fourth-order valence-electron chi connectivity index (χ4n) is 2.51. The summed E-state index contributed by atoms with van der Waals surface area (Å²) in [5.74, 6) is -0.717. The number of carbonyl (C=O) groups is 1. The van der Waals surface area contributed by atoms with Crippen LogP contribution in [0, 0.1) is 6.92 Å². The minimum atomic E-state index is -0.653. The number of aromatic nitrogens is 2. The van der Waals surface area contributed by atoms with Crippen molar-refractivity contribution in [1.82, 2.24) is 9.55 Å². The zero-order chi connectivity index (χ0) is 17.3. The predicted octanol–water partition coefficient (Wildman–Crippen LogP) is 3.52. The first kappa shape index (κ1) is 16.2. The van der Waals surface area contributed by atoms with Crippen LogP contribution < -0.4 is 5.56 Å². The molecule has 1 aromatic heterocycles. The highest BCUT2D eigenvalue weighted by Crippen LogP contribution is 2.21. The molecule has 0 spiro atoms. The van der Waals surface area contributed by atoms with Crippen molar-refractivity contribution in [1.29, 1.82) is 0 Å². The molecule has 3 rings (SSSR count). The van der Waals surface area contributed by atoms with E-state index in [-0.39, 0.29) is 18.0 Å². The van der Waals surface area contributed by atoms with Gasteiger partial charge in [-0.05, 0) is 43.7 Å². The van der Waals surface area contributed by atoms with E-state index < -0.39 is 5.97 Å². The van der Waals surface area contributed by atoms with Crippen molar-refractivity contribution in [2.45, 2.75) is 13.8 Å². The maximum Gasteiger partial charge on any atom is 0.375 e. The second kappa shape index (κ2) is 6.45. The van der Waals surface area contributed by atoms with Crippen molar-refractivity contribution < 1.29 is 9.53 Å². The van der Waals surface area contributed by atoms with Crippen molar-refractivity contribution in [2.75, 3.05) is 6.61 Å². The van der Waals surface area contributed by atoms with Crippen LogP contribution in [0.1, 0.15) is 23.1 Å². The summed E-state index contributed by atoms with van der Waals surface area (Å²) in [5.41, 5.74) is 1.41. The molecular weight excluding hydrogens is 328 g/mol. The van der Waals surface area contributed by atoms with Gasteiger partial charge >= 0.3 is 5.97 Å². The highest BCUT2D eigenvalue weighted by atomic mass is 35.5. The average molecular weight is 343 g/mol. The standard InChI is InChI=1S/C18H15ClN2O3/c1-3-24-18(23)16-20-14-7-5-4-6-13(14)17(22)21(16)15-10-12(19)9-8-11(15)2/h4-10H,3H2,1-2H3. The van der Waals surface area contributed by atoms with E-state index in [0.717, 1.165) is 5.56 Å². The molecule has 0 unspecified atom stereocenters. The number of carbonyl (C=O) groups excluding carboxylic acids is 1. The molecule has 122 valence electrons. The molecule has 3 aromatic rings. The van der Waals surface area contributed by atoms with Crippen LogP contribution in [0.3, 0.4) is 0 Å². The Morgan fingerprint density at radius 3 is 2.75 bits per heavy atom. The number of hydrogen-bond donors (Lipinski definition) is 0. The molecule has 6 heteroatoms. The lowest BCUT2D eigenvalue weighted by molar-refractivity contribution is 0.0508. The molecule has 0 bridgehead atoms. The highest BCUT2D eigenvalue weighted by Gasteiger charge is 2.20. The van der Waals surface area contributed by atoms with Crippen molar-refractivity contribution >= 4 is 28.5 Å². The third-order valence-electron chi connectivity index (χ3n) is 3.65. The third kappa shape index (κ3) is 2.78. The number of rotatable bonds is 3. The maximum atomic E-state index is 13.0. The van der Waals surface area contributed by atoms with Gasteiger partial charge < -0.3 is 4.74 Å². The van der Waals surface area contributed by atoms with E-state index >= 15 is 0 Å². The molecule has 1 heterocycles. The summed E-state index contributed by atoms with van der Waals surface area (Å²) < 4.78 is 6.34. The molecule has 0 aliphatic heterocycles. The van der Waals surface area contributed by atoms with Crippen LogP contribution in [0.4, 0.5) is 0 Å². The Kier molecular flexibility index (Phi) is 4.36. The Balaban J connectivity index is 2.41. The van der Waals surface area contributed by atoms with Crippen LogP contribution >= 0.6 is 11.6 Å². The predicted molar refractivity (Wildman–Crippen MR) is 93.0 cm³/mol. The Morgan fingerprint density at radius 1 is 1.25 bits per heavy atom. The molecule has 0 radical (unpaired) electrons. The third-order valence-corrected chi connectivity index (χ3v) is 3.88. The summed E-state index contributed by atoms with van der Waals surface area (Å²) in [7, 11) is 0. The molecular formula is C18H15ClN2O3. The van der Waals surface area contributed by atoms with Gasteiger partial charge in [0.25, 0.3) is 5.56 Å². The van der Waals surface area contributed by atoms with E-state index in [9.17, 15) is 9.59 Å². The quantitative estimate of drug-likeness (QED) is 0.683. The van der Waals surface area contributed by atoms with Gasteiger partial charge in [-0.15, -0.1) is 0 Å². The number of benzene rings is 2. The maximum absolute atomic E-state index is 13.0. The first-order valence-corrected chi connectivity index (χ1v) is 7.86. The topological polar surface area (TPSA) is 61.2 Å². The van der Waals surface area contributed by atoms with Gasteiger partial charge in [0.15, 0.2) is 0 Å².